The Morgan fingerprint density at radius 1 is 1.16 bits per heavy atom. The maximum Gasteiger partial charge on any atom is 0.344 e. The van der Waals surface area contributed by atoms with Crippen molar-refractivity contribution in [2.45, 2.75) is 0 Å². The number of carbonyl (C=O) groups is 2. The Hall–Kier alpha value is -2.61. The summed E-state index contributed by atoms with van der Waals surface area (Å²) in [5.41, 5.74) is 0.520. The number of amides is 1. The van der Waals surface area contributed by atoms with Crippen LogP contribution in [0.1, 0.15) is 0 Å². The first kappa shape index (κ1) is 18.7. The average Bonchev–Trinajstić information content (AvgIpc) is 2.59. The van der Waals surface area contributed by atoms with Gasteiger partial charge < -0.3 is 19.5 Å². The minimum Gasteiger partial charge on any atom is -0.497 e. The van der Waals surface area contributed by atoms with E-state index in [0.29, 0.717) is 21.7 Å². The van der Waals surface area contributed by atoms with Crippen molar-refractivity contribution in [3.05, 3.63) is 52.8 Å². The first-order valence-electron chi connectivity index (χ1n) is 7.15. The van der Waals surface area contributed by atoms with Crippen LogP contribution in [0.25, 0.3) is 0 Å². The number of rotatable bonds is 7. The quantitative estimate of drug-likeness (QED) is 0.708. The van der Waals surface area contributed by atoms with E-state index in [1.807, 2.05) is 0 Å². The molecule has 0 aliphatic carbocycles. The van der Waals surface area contributed by atoms with Gasteiger partial charge in [0.2, 0.25) is 0 Å². The molecule has 0 unspecified atom stereocenters. The van der Waals surface area contributed by atoms with Crippen molar-refractivity contribution in [1.82, 2.24) is 0 Å². The van der Waals surface area contributed by atoms with Gasteiger partial charge in [0.15, 0.2) is 13.2 Å². The third-order valence-corrected chi connectivity index (χ3v) is 3.58. The van der Waals surface area contributed by atoms with E-state index in [2.05, 4.69) is 21.2 Å². The molecule has 0 fully saturated rings. The summed E-state index contributed by atoms with van der Waals surface area (Å²) in [5, 5.41) is 2.57. The number of hydrogen-bond donors (Lipinski definition) is 1. The highest BCUT2D eigenvalue weighted by Crippen LogP contribution is 2.25. The number of benzene rings is 2. The molecule has 0 saturated carbocycles. The molecule has 132 valence electrons. The average molecular weight is 412 g/mol. The lowest BCUT2D eigenvalue weighted by Crippen LogP contribution is -2.23. The molecular weight excluding hydrogens is 397 g/mol. The highest BCUT2D eigenvalue weighted by molar-refractivity contribution is 9.10. The molecule has 0 saturated heterocycles. The van der Waals surface area contributed by atoms with Crippen LogP contribution in [0, 0.1) is 5.82 Å². The van der Waals surface area contributed by atoms with E-state index in [9.17, 15) is 14.0 Å². The molecule has 6 nitrogen and oxygen atoms in total. The lowest BCUT2D eigenvalue weighted by Gasteiger charge is -2.09. The van der Waals surface area contributed by atoms with Crippen molar-refractivity contribution in [2.75, 3.05) is 25.6 Å². The monoisotopic (exact) mass is 411 g/mol. The third kappa shape index (κ3) is 6.07. The fourth-order valence-corrected chi connectivity index (χ4v) is 2.28. The maximum atomic E-state index is 13.0. The van der Waals surface area contributed by atoms with Crippen LogP contribution in [0.4, 0.5) is 10.1 Å². The Kier molecular flexibility index (Phi) is 6.76. The zero-order chi connectivity index (χ0) is 18.2. The molecule has 2 aromatic rings. The fourth-order valence-electron chi connectivity index (χ4n) is 1.81. The normalized spacial score (nSPS) is 10.0. The number of esters is 1. The Balaban J connectivity index is 1.76. The number of anilines is 1. The molecule has 1 amide bonds. The lowest BCUT2D eigenvalue weighted by atomic mass is 10.3. The molecule has 0 radical (unpaired) electrons. The first-order valence-corrected chi connectivity index (χ1v) is 7.94. The van der Waals surface area contributed by atoms with Gasteiger partial charge in [-0.05, 0) is 46.3 Å². The number of ether oxygens (including phenoxy) is 3. The van der Waals surface area contributed by atoms with Crippen LogP contribution in [-0.2, 0) is 14.3 Å². The summed E-state index contributed by atoms with van der Waals surface area (Å²) in [6.45, 7) is -0.860. The van der Waals surface area contributed by atoms with Gasteiger partial charge in [-0.25, -0.2) is 9.18 Å². The smallest absolute Gasteiger partial charge is 0.344 e. The minimum absolute atomic E-state index is 0.291. The van der Waals surface area contributed by atoms with Crippen LogP contribution >= 0.6 is 15.9 Å². The van der Waals surface area contributed by atoms with Crippen LogP contribution in [0.5, 0.6) is 11.5 Å². The molecule has 8 heteroatoms. The lowest BCUT2D eigenvalue weighted by molar-refractivity contribution is -0.149. The second kappa shape index (κ2) is 9.03. The van der Waals surface area contributed by atoms with Crippen LogP contribution in [0.15, 0.2) is 46.9 Å². The highest BCUT2D eigenvalue weighted by Gasteiger charge is 2.10. The van der Waals surface area contributed by atoms with Crippen LogP contribution < -0.4 is 14.8 Å². The van der Waals surface area contributed by atoms with E-state index in [4.69, 9.17) is 14.2 Å². The van der Waals surface area contributed by atoms with Gasteiger partial charge in [-0.3, -0.25) is 4.79 Å². The van der Waals surface area contributed by atoms with Gasteiger partial charge in [-0.1, -0.05) is 6.07 Å². The summed E-state index contributed by atoms with van der Waals surface area (Å²) in [4.78, 5) is 23.4. The van der Waals surface area contributed by atoms with Crippen molar-refractivity contribution < 1.29 is 28.2 Å². The zero-order valence-electron chi connectivity index (χ0n) is 13.3. The molecule has 0 aliphatic rings. The standard InChI is InChI=1S/C17H15BrFNO5/c1-23-13-4-2-3-12(8-13)20-16(21)9-25-17(22)10-24-15-6-5-11(19)7-14(15)18/h2-8H,9-10H2,1H3,(H,20,21). The van der Waals surface area contributed by atoms with Gasteiger partial charge in [-0.2, -0.15) is 0 Å². The zero-order valence-corrected chi connectivity index (χ0v) is 14.8. The number of methoxy groups -OCH3 is 1. The van der Waals surface area contributed by atoms with Gasteiger partial charge in [0.25, 0.3) is 5.91 Å². The molecule has 0 aliphatic heterocycles. The van der Waals surface area contributed by atoms with Crippen LogP contribution in [-0.4, -0.2) is 32.2 Å². The van der Waals surface area contributed by atoms with Gasteiger partial charge in [0.05, 0.1) is 11.6 Å². The van der Waals surface area contributed by atoms with E-state index >= 15 is 0 Å². The van der Waals surface area contributed by atoms with Gasteiger partial charge >= 0.3 is 5.97 Å². The number of halogens is 2. The maximum absolute atomic E-state index is 13.0. The predicted molar refractivity (Wildman–Crippen MR) is 92.2 cm³/mol. The van der Waals surface area contributed by atoms with Crippen LogP contribution in [0.2, 0.25) is 0 Å². The molecule has 0 heterocycles. The predicted octanol–water partition coefficient (Wildman–Crippen LogP) is 3.16. The summed E-state index contributed by atoms with van der Waals surface area (Å²) >= 11 is 3.12. The number of nitrogens with one attached hydrogen (secondary N) is 1. The van der Waals surface area contributed by atoms with E-state index in [1.54, 1.807) is 24.3 Å². The molecule has 0 spiro atoms. The van der Waals surface area contributed by atoms with Crippen molar-refractivity contribution >= 4 is 33.5 Å². The Bertz CT molecular complexity index is 768. The SMILES string of the molecule is COc1cccc(NC(=O)COC(=O)COc2ccc(F)cc2Br)c1. The molecule has 0 atom stereocenters. The van der Waals surface area contributed by atoms with Gasteiger partial charge in [0, 0.05) is 11.8 Å². The molecule has 0 bridgehead atoms. The van der Waals surface area contributed by atoms with Crippen LogP contribution in [0.3, 0.4) is 0 Å². The first-order chi connectivity index (χ1) is 12.0. The van der Waals surface area contributed by atoms with Crippen molar-refractivity contribution in [3.8, 4) is 11.5 Å². The largest absolute Gasteiger partial charge is 0.497 e. The Morgan fingerprint density at radius 2 is 1.96 bits per heavy atom. The number of carbonyl (C=O) groups excluding carboxylic acids is 2. The summed E-state index contributed by atoms with van der Waals surface area (Å²) in [5.74, 6) is -0.773. The van der Waals surface area contributed by atoms with Crippen molar-refractivity contribution in [1.29, 1.82) is 0 Å². The fraction of sp³-hybridized carbons (Fsp3) is 0.176. The molecule has 25 heavy (non-hydrogen) atoms. The molecule has 2 aromatic carbocycles. The summed E-state index contributed by atoms with van der Waals surface area (Å²) < 4.78 is 28.4. The molecule has 1 N–H and O–H groups in total. The Labute approximate surface area is 152 Å². The van der Waals surface area contributed by atoms with Gasteiger partial charge in [0.1, 0.15) is 17.3 Å². The summed E-state index contributed by atoms with van der Waals surface area (Å²) in [6, 6.07) is 10.6. The molecule has 2 rings (SSSR count). The topological polar surface area (TPSA) is 73.9 Å². The Morgan fingerprint density at radius 3 is 2.68 bits per heavy atom. The molecular formula is C17H15BrFNO5. The third-order valence-electron chi connectivity index (χ3n) is 2.96. The minimum atomic E-state index is -0.725. The van der Waals surface area contributed by atoms with E-state index in [-0.39, 0.29) is 0 Å². The second-order valence-corrected chi connectivity index (χ2v) is 5.66. The van der Waals surface area contributed by atoms with E-state index in [0.717, 1.165) is 0 Å². The summed E-state index contributed by atoms with van der Waals surface area (Å²) in [6.07, 6.45) is 0. The van der Waals surface area contributed by atoms with E-state index in [1.165, 1.54) is 25.3 Å². The van der Waals surface area contributed by atoms with Gasteiger partial charge in [-0.15, -0.1) is 0 Å². The van der Waals surface area contributed by atoms with Crippen molar-refractivity contribution in [2.24, 2.45) is 0 Å². The van der Waals surface area contributed by atoms with Crippen molar-refractivity contribution in [3.63, 3.8) is 0 Å². The second-order valence-electron chi connectivity index (χ2n) is 4.80. The van der Waals surface area contributed by atoms with E-state index < -0.39 is 30.9 Å². The summed E-state index contributed by atoms with van der Waals surface area (Å²) in [7, 11) is 1.52. The molecule has 0 aromatic heterocycles. The highest BCUT2D eigenvalue weighted by atomic mass is 79.9. The number of hydrogen-bond acceptors (Lipinski definition) is 5.